The molecule has 5 nitrogen and oxygen atoms in total. The van der Waals surface area contributed by atoms with Crippen LogP contribution < -0.4 is 0 Å². The van der Waals surface area contributed by atoms with Gasteiger partial charge in [0.1, 0.15) is 6.54 Å². The summed E-state index contributed by atoms with van der Waals surface area (Å²) in [6, 6.07) is 0. The van der Waals surface area contributed by atoms with Crippen LogP contribution in [0.15, 0.2) is 0 Å². The topological polar surface area (TPSA) is 66.8 Å². The first kappa shape index (κ1) is 17.7. The van der Waals surface area contributed by atoms with Gasteiger partial charge in [-0.25, -0.2) is 0 Å². The number of alkyl halides is 3. The molecule has 112 valence electrons. The summed E-state index contributed by atoms with van der Waals surface area (Å²) in [7, 11) is 1.12. The first-order valence-corrected chi connectivity index (χ1v) is 5.75. The molecule has 0 bridgehead atoms. The Hall–Kier alpha value is -1.31. The van der Waals surface area contributed by atoms with Crippen molar-refractivity contribution in [3.8, 4) is 0 Å². The second kappa shape index (κ2) is 7.98. The van der Waals surface area contributed by atoms with Gasteiger partial charge >= 0.3 is 12.1 Å². The second-order valence-corrected chi connectivity index (χ2v) is 4.14. The number of aliphatic hydroxyl groups is 1. The number of amides is 1. The molecule has 0 rings (SSSR count). The molecule has 0 fully saturated rings. The minimum absolute atomic E-state index is 0.0748. The van der Waals surface area contributed by atoms with Crippen molar-refractivity contribution in [2.45, 2.75) is 38.5 Å². The van der Waals surface area contributed by atoms with Crippen molar-refractivity contribution in [2.75, 3.05) is 20.2 Å². The molecule has 19 heavy (non-hydrogen) atoms. The van der Waals surface area contributed by atoms with Gasteiger partial charge in [0, 0.05) is 13.0 Å². The molecule has 0 aromatic heterocycles. The molecular formula is C11H18F3NO4. The number of methoxy groups -OCH3 is 1. The number of carbonyl (C=O) groups is 2. The fraction of sp³-hybridized carbons (Fsp3) is 0.818. The Morgan fingerprint density at radius 3 is 2.32 bits per heavy atom. The Morgan fingerprint density at radius 2 is 1.89 bits per heavy atom. The van der Waals surface area contributed by atoms with Crippen LogP contribution in [-0.2, 0) is 14.3 Å². The molecule has 0 heterocycles. The molecule has 1 N–H and O–H groups in total. The van der Waals surface area contributed by atoms with Crippen molar-refractivity contribution >= 4 is 11.9 Å². The summed E-state index contributed by atoms with van der Waals surface area (Å²) in [4.78, 5) is 23.0. The number of ether oxygens (including phenoxy) is 1. The zero-order valence-electron chi connectivity index (χ0n) is 10.9. The fourth-order valence-electron chi connectivity index (χ4n) is 1.33. The highest BCUT2D eigenvalue weighted by molar-refractivity contribution is 5.77. The van der Waals surface area contributed by atoms with Crippen LogP contribution >= 0.6 is 0 Å². The van der Waals surface area contributed by atoms with Gasteiger partial charge in [0.15, 0.2) is 0 Å². The van der Waals surface area contributed by atoms with E-state index in [1.54, 1.807) is 0 Å². The zero-order chi connectivity index (χ0) is 15.1. The maximum absolute atomic E-state index is 12.3. The van der Waals surface area contributed by atoms with Gasteiger partial charge in [0.05, 0.1) is 19.6 Å². The highest BCUT2D eigenvalue weighted by Crippen LogP contribution is 2.17. The lowest BCUT2D eigenvalue weighted by atomic mass is 10.2. The minimum atomic E-state index is -4.53. The van der Waals surface area contributed by atoms with E-state index in [0.717, 1.165) is 7.11 Å². The molecule has 0 saturated heterocycles. The Kier molecular flexibility index (Phi) is 7.43. The van der Waals surface area contributed by atoms with E-state index >= 15 is 0 Å². The van der Waals surface area contributed by atoms with E-state index < -0.39 is 30.7 Å². The number of hydrogen-bond acceptors (Lipinski definition) is 4. The van der Waals surface area contributed by atoms with Crippen molar-refractivity contribution in [1.82, 2.24) is 4.90 Å². The van der Waals surface area contributed by atoms with Crippen LogP contribution in [-0.4, -0.2) is 54.4 Å². The van der Waals surface area contributed by atoms with Crippen LogP contribution in [0.5, 0.6) is 0 Å². The lowest BCUT2D eigenvalue weighted by Gasteiger charge is -2.23. The lowest BCUT2D eigenvalue weighted by molar-refractivity contribution is -0.163. The molecule has 0 aromatic carbocycles. The number of hydrogen-bond donors (Lipinski definition) is 1. The van der Waals surface area contributed by atoms with E-state index in [1.165, 1.54) is 6.92 Å². The molecular weight excluding hydrogens is 267 g/mol. The van der Waals surface area contributed by atoms with Crippen LogP contribution in [0.1, 0.15) is 26.2 Å². The summed E-state index contributed by atoms with van der Waals surface area (Å²) in [6.45, 7) is -0.330. The number of carbonyl (C=O) groups excluding carboxylic acids is 2. The summed E-state index contributed by atoms with van der Waals surface area (Å²) in [5.41, 5.74) is 0. The summed E-state index contributed by atoms with van der Waals surface area (Å²) in [5.74, 6) is -1.43. The third-order valence-corrected chi connectivity index (χ3v) is 2.31. The average molecular weight is 285 g/mol. The van der Waals surface area contributed by atoms with Crippen molar-refractivity contribution in [3.05, 3.63) is 0 Å². The molecule has 0 aliphatic carbocycles. The molecule has 1 atom stereocenters. The van der Waals surface area contributed by atoms with E-state index in [1.807, 2.05) is 0 Å². The van der Waals surface area contributed by atoms with Crippen molar-refractivity contribution < 1.29 is 32.6 Å². The number of aliphatic hydroxyl groups excluding tert-OH is 1. The standard InChI is InChI=1S/C11H18F3NO4/c1-8(16)3-4-9(17)15(7-11(12,13)14)6-5-10(18)19-2/h8,16H,3-7H2,1-2H3. The van der Waals surface area contributed by atoms with E-state index in [9.17, 15) is 22.8 Å². The quantitative estimate of drug-likeness (QED) is 0.711. The lowest BCUT2D eigenvalue weighted by Crippen LogP contribution is -2.40. The third-order valence-electron chi connectivity index (χ3n) is 2.31. The van der Waals surface area contributed by atoms with Gasteiger partial charge in [-0.1, -0.05) is 0 Å². The first-order chi connectivity index (χ1) is 8.65. The van der Waals surface area contributed by atoms with Gasteiger partial charge in [-0.3, -0.25) is 9.59 Å². The summed E-state index contributed by atoms with van der Waals surface area (Å²) >= 11 is 0. The second-order valence-electron chi connectivity index (χ2n) is 4.14. The van der Waals surface area contributed by atoms with Crippen LogP contribution in [0.25, 0.3) is 0 Å². The molecule has 0 aliphatic rings. The Balaban J connectivity index is 4.48. The molecule has 0 aromatic rings. The monoisotopic (exact) mass is 285 g/mol. The van der Waals surface area contributed by atoms with Crippen LogP contribution in [0.4, 0.5) is 13.2 Å². The molecule has 8 heteroatoms. The van der Waals surface area contributed by atoms with Gasteiger partial charge in [-0.2, -0.15) is 13.2 Å². The van der Waals surface area contributed by atoms with Crippen LogP contribution in [0, 0.1) is 0 Å². The first-order valence-electron chi connectivity index (χ1n) is 5.75. The largest absolute Gasteiger partial charge is 0.469 e. The van der Waals surface area contributed by atoms with E-state index in [2.05, 4.69) is 4.74 Å². The van der Waals surface area contributed by atoms with Crippen LogP contribution in [0.2, 0.25) is 0 Å². The fourth-order valence-corrected chi connectivity index (χ4v) is 1.33. The summed E-state index contributed by atoms with van der Waals surface area (Å²) < 4.78 is 41.2. The highest BCUT2D eigenvalue weighted by atomic mass is 19.4. The third kappa shape index (κ3) is 9.29. The van der Waals surface area contributed by atoms with E-state index in [0.29, 0.717) is 4.90 Å². The number of esters is 1. The van der Waals surface area contributed by atoms with Crippen LogP contribution in [0.3, 0.4) is 0 Å². The van der Waals surface area contributed by atoms with E-state index in [-0.39, 0.29) is 25.8 Å². The Labute approximate surface area is 109 Å². The minimum Gasteiger partial charge on any atom is -0.469 e. The van der Waals surface area contributed by atoms with Crippen molar-refractivity contribution in [1.29, 1.82) is 0 Å². The maximum Gasteiger partial charge on any atom is 0.406 e. The Bertz CT molecular complexity index is 305. The Morgan fingerprint density at radius 1 is 1.32 bits per heavy atom. The van der Waals surface area contributed by atoms with E-state index in [4.69, 9.17) is 5.11 Å². The SMILES string of the molecule is COC(=O)CCN(CC(F)(F)F)C(=O)CCC(C)O. The summed E-state index contributed by atoms with van der Waals surface area (Å²) in [6.07, 6.45) is -5.72. The molecule has 0 saturated carbocycles. The van der Waals surface area contributed by atoms with Crippen molar-refractivity contribution in [3.63, 3.8) is 0 Å². The molecule has 0 aliphatic heterocycles. The molecule has 1 amide bonds. The zero-order valence-corrected chi connectivity index (χ0v) is 10.9. The van der Waals surface area contributed by atoms with Gasteiger partial charge in [0.2, 0.25) is 5.91 Å². The molecule has 0 radical (unpaired) electrons. The smallest absolute Gasteiger partial charge is 0.406 e. The van der Waals surface area contributed by atoms with Crippen molar-refractivity contribution in [2.24, 2.45) is 0 Å². The predicted molar refractivity (Wildman–Crippen MR) is 60.2 cm³/mol. The predicted octanol–water partition coefficient (Wildman–Crippen LogP) is 1.10. The summed E-state index contributed by atoms with van der Waals surface area (Å²) in [5, 5.41) is 9.00. The maximum atomic E-state index is 12.3. The van der Waals surface area contributed by atoms with Gasteiger partial charge in [-0.15, -0.1) is 0 Å². The van der Waals surface area contributed by atoms with Gasteiger partial charge in [0.25, 0.3) is 0 Å². The average Bonchev–Trinajstić information content (AvgIpc) is 2.29. The molecule has 1 unspecified atom stereocenters. The number of nitrogens with zero attached hydrogens (tertiary/aromatic N) is 1. The normalized spacial score (nSPS) is 12.9. The molecule has 0 spiro atoms. The highest BCUT2D eigenvalue weighted by Gasteiger charge is 2.33. The van der Waals surface area contributed by atoms with Gasteiger partial charge in [-0.05, 0) is 13.3 Å². The number of rotatable bonds is 7. The number of halogens is 3. The van der Waals surface area contributed by atoms with Gasteiger partial charge < -0.3 is 14.7 Å².